The van der Waals surface area contributed by atoms with Gasteiger partial charge in [0.15, 0.2) is 0 Å². The normalized spacial score (nSPS) is 14.7. The summed E-state index contributed by atoms with van der Waals surface area (Å²) < 4.78 is 0. The van der Waals surface area contributed by atoms with Crippen molar-refractivity contribution in [3.8, 4) is 0 Å². The van der Waals surface area contributed by atoms with E-state index >= 15 is 0 Å². The number of hydrogen-bond donors (Lipinski definition) is 2. The third-order valence-corrected chi connectivity index (χ3v) is 1.70. The van der Waals surface area contributed by atoms with Crippen LogP contribution in [0.15, 0.2) is 12.4 Å². The first-order chi connectivity index (χ1) is 5.49. The summed E-state index contributed by atoms with van der Waals surface area (Å²) >= 11 is 0. The molecule has 0 saturated carbocycles. The Morgan fingerprint density at radius 3 is 2.67 bits per heavy atom. The Labute approximate surface area is 73.4 Å². The van der Waals surface area contributed by atoms with Gasteiger partial charge in [-0.2, -0.15) is 0 Å². The Balaban J connectivity index is 2.56. The molecule has 0 aliphatic heterocycles. The molecule has 0 aliphatic carbocycles. The molecule has 0 fully saturated rings. The minimum absolute atomic E-state index is 0.0278. The molecule has 1 heterocycles. The van der Waals surface area contributed by atoms with Gasteiger partial charge in [0, 0.05) is 12.4 Å². The van der Waals surface area contributed by atoms with Gasteiger partial charge in [-0.1, -0.05) is 20.8 Å². The van der Waals surface area contributed by atoms with E-state index in [2.05, 4.69) is 30.7 Å². The topological polar surface area (TPSA) is 54.7 Å². The molecule has 1 aromatic heterocycles. The van der Waals surface area contributed by atoms with E-state index in [0.717, 1.165) is 12.2 Å². The molecule has 0 unspecified atom stereocenters. The third kappa shape index (κ3) is 2.66. The molecular weight excluding hydrogens is 150 g/mol. The van der Waals surface area contributed by atoms with Crippen molar-refractivity contribution >= 4 is 0 Å². The Morgan fingerprint density at radius 2 is 2.25 bits per heavy atom. The molecule has 0 spiro atoms. The zero-order valence-corrected chi connectivity index (χ0v) is 7.96. The molecule has 68 valence electrons. The van der Waals surface area contributed by atoms with Crippen molar-refractivity contribution in [2.24, 2.45) is 11.1 Å². The van der Waals surface area contributed by atoms with E-state index in [-0.39, 0.29) is 11.5 Å². The highest BCUT2D eigenvalue weighted by atomic mass is 14.9. The van der Waals surface area contributed by atoms with Crippen LogP contribution in [0.3, 0.4) is 0 Å². The molecule has 1 rings (SSSR count). The minimum Gasteiger partial charge on any atom is -0.347 e. The standard InChI is InChI=1S/C9H17N3/c1-9(2,3)6-7(10)8-11-4-5-12-8/h4-5,7H,6,10H2,1-3H3,(H,11,12)/t7-/m1/s1. The van der Waals surface area contributed by atoms with Gasteiger partial charge in [0.1, 0.15) is 5.82 Å². The van der Waals surface area contributed by atoms with E-state index in [0.29, 0.717) is 0 Å². The van der Waals surface area contributed by atoms with Crippen LogP contribution >= 0.6 is 0 Å². The van der Waals surface area contributed by atoms with Gasteiger partial charge in [0.25, 0.3) is 0 Å². The second-order valence-corrected chi connectivity index (χ2v) is 4.35. The molecule has 3 nitrogen and oxygen atoms in total. The van der Waals surface area contributed by atoms with Crippen LogP contribution < -0.4 is 5.73 Å². The van der Waals surface area contributed by atoms with Crippen LogP contribution in [-0.4, -0.2) is 9.97 Å². The van der Waals surface area contributed by atoms with Crippen molar-refractivity contribution in [3.63, 3.8) is 0 Å². The SMILES string of the molecule is CC(C)(C)C[C@@H](N)c1ncc[nH]1. The van der Waals surface area contributed by atoms with Crippen LogP contribution in [0.4, 0.5) is 0 Å². The number of nitrogens with zero attached hydrogens (tertiary/aromatic N) is 1. The number of nitrogens with two attached hydrogens (primary N) is 1. The predicted molar refractivity (Wildman–Crippen MR) is 49.6 cm³/mol. The quantitative estimate of drug-likeness (QED) is 0.706. The summed E-state index contributed by atoms with van der Waals surface area (Å²) in [5.41, 5.74) is 6.19. The highest BCUT2D eigenvalue weighted by Crippen LogP contribution is 2.25. The zero-order chi connectivity index (χ0) is 9.19. The Bertz CT molecular complexity index is 220. The van der Waals surface area contributed by atoms with E-state index < -0.39 is 0 Å². The second kappa shape index (κ2) is 3.27. The molecule has 12 heavy (non-hydrogen) atoms. The summed E-state index contributed by atoms with van der Waals surface area (Å²) in [6.45, 7) is 6.53. The predicted octanol–water partition coefficient (Wildman–Crippen LogP) is 1.85. The van der Waals surface area contributed by atoms with Crippen LogP contribution in [0.1, 0.15) is 39.1 Å². The number of aromatic amines is 1. The summed E-state index contributed by atoms with van der Waals surface area (Å²) in [4.78, 5) is 7.14. The van der Waals surface area contributed by atoms with Crippen molar-refractivity contribution in [2.45, 2.75) is 33.2 Å². The molecule has 0 aromatic carbocycles. The summed E-state index contributed by atoms with van der Waals surface area (Å²) in [6.07, 6.45) is 4.48. The molecule has 0 saturated heterocycles. The molecular formula is C9H17N3. The first kappa shape index (κ1) is 9.26. The lowest BCUT2D eigenvalue weighted by Gasteiger charge is -2.21. The third-order valence-electron chi connectivity index (χ3n) is 1.70. The maximum absolute atomic E-state index is 5.93. The molecule has 1 aromatic rings. The number of nitrogens with one attached hydrogen (secondary N) is 1. The maximum Gasteiger partial charge on any atom is 0.123 e. The smallest absolute Gasteiger partial charge is 0.123 e. The average molecular weight is 167 g/mol. The highest BCUT2D eigenvalue weighted by Gasteiger charge is 2.17. The molecule has 3 N–H and O–H groups in total. The van der Waals surface area contributed by atoms with Crippen LogP contribution in [0.25, 0.3) is 0 Å². The Morgan fingerprint density at radius 1 is 1.58 bits per heavy atom. The van der Waals surface area contributed by atoms with Crippen molar-refractivity contribution in [1.82, 2.24) is 9.97 Å². The largest absolute Gasteiger partial charge is 0.347 e. The van der Waals surface area contributed by atoms with Crippen molar-refractivity contribution < 1.29 is 0 Å². The monoisotopic (exact) mass is 167 g/mol. The lowest BCUT2D eigenvalue weighted by atomic mass is 9.88. The first-order valence-corrected chi connectivity index (χ1v) is 4.24. The number of imidazole rings is 1. The Hall–Kier alpha value is -0.830. The molecule has 0 aliphatic rings. The maximum atomic E-state index is 5.93. The van der Waals surface area contributed by atoms with Gasteiger partial charge in [-0.05, 0) is 11.8 Å². The average Bonchev–Trinajstić information content (AvgIpc) is 2.32. The van der Waals surface area contributed by atoms with Crippen molar-refractivity contribution in [1.29, 1.82) is 0 Å². The van der Waals surface area contributed by atoms with Gasteiger partial charge in [0.2, 0.25) is 0 Å². The molecule has 1 atom stereocenters. The fourth-order valence-electron chi connectivity index (χ4n) is 1.24. The summed E-state index contributed by atoms with van der Waals surface area (Å²) in [6, 6.07) is 0.0278. The molecule has 0 bridgehead atoms. The van der Waals surface area contributed by atoms with Gasteiger partial charge < -0.3 is 10.7 Å². The summed E-state index contributed by atoms with van der Waals surface area (Å²) in [5, 5.41) is 0. The number of rotatable bonds is 2. The van der Waals surface area contributed by atoms with Gasteiger partial charge in [-0.3, -0.25) is 0 Å². The van der Waals surface area contributed by atoms with Gasteiger partial charge in [-0.25, -0.2) is 4.98 Å². The van der Waals surface area contributed by atoms with E-state index in [1.807, 2.05) is 0 Å². The molecule has 3 heteroatoms. The van der Waals surface area contributed by atoms with E-state index in [1.165, 1.54) is 0 Å². The number of aromatic nitrogens is 2. The minimum atomic E-state index is 0.0278. The highest BCUT2D eigenvalue weighted by molar-refractivity contribution is 4.95. The first-order valence-electron chi connectivity index (χ1n) is 4.24. The Kier molecular flexibility index (Phi) is 2.52. The van der Waals surface area contributed by atoms with Crippen molar-refractivity contribution in [2.75, 3.05) is 0 Å². The van der Waals surface area contributed by atoms with Crippen LogP contribution in [-0.2, 0) is 0 Å². The summed E-state index contributed by atoms with van der Waals surface area (Å²) in [7, 11) is 0. The zero-order valence-electron chi connectivity index (χ0n) is 7.96. The van der Waals surface area contributed by atoms with Crippen molar-refractivity contribution in [3.05, 3.63) is 18.2 Å². The van der Waals surface area contributed by atoms with E-state index in [4.69, 9.17) is 5.73 Å². The number of hydrogen-bond acceptors (Lipinski definition) is 2. The lowest BCUT2D eigenvalue weighted by molar-refractivity contribution is 0.337. The van der Waals surface area contributed by atoms with E-state index in [1.54, 1.807) is 12.4 Å². The van der Waals surface area contributed by atoms with Crippen LogP contribution in [0, 0.1) is 5.41 Å². The number of H-pyrrole nitrogens is 1. The molecule has 0 radical (unpaired) electrons. The second-order valence-electron chi connectivity index (χ2n) is 4.35. The van der Waals surface area contributed by atoms with Gasteiger partial charge in [-0.15, -0.1) is 0 Å². The lowest BCUT2D eigenvalue weighted by Crippen LogP contribution is -2.19. The fraction of sp³-hybridized carbons (Fsp3) is 0.667. The van der Waals surface area contributed by atoms with Gasteiger partial charge >= 0.3 is 0 Å². The summed E-state index contributed by atoms with van der Waals surface area (Å²) in [5.74, 6) is 0.880. The van der Waals surface area contributed by atoms with Crippen LogP contribution in [0.5, 0.6) is 0 Å². The molecule has 0 amide bonds. The van der Waals surface area contributed by atoms with E-state index in [9.17, 15) is 0 Å². The van der Waals surface area contributed by atoms with Gasteiger partial charge in [0.05, 0.1) is 6.04 Å². The van der Waals surface area contributed by atoms with Crippen LogP contribution in [0.2, 0.25) is 0 Å². The fourth-order valence-corrected chi connectivity index (χ4v) is 1.24.